The van der Waals surface area contributed by atoms with Crippen molar-refractivity contribution in [1.82, 2.24) is 5.43 Å². The lowest BCUT2D eigenvalue weighted by molar-refractivity contribution is 0.0955. The zero-order valence-corrected chi connectivity index (χ0v) is 11.4. The van der Waals surface area contributed by atoms with Gasteiger partial charge in [0, 0.05) is 5.56 Å². The van der Waals surface area contributed by atoms with E-state index in [2.05, 4.69) is 10.5 Å². The van der Waals surface area contributed by atoms with Crippen LogP contribution in [0.4, 0.5) is 0 Å². The summed E-state index contributed by atoms with van der Waals surface area (Å²) in [7, 11) is 0. The van der Waals surface area contributed by atoms with E-state index in [1.165, 1.54) is 24.3 Å². The highest BCUT2D eigenvalue weighted by molar-refractivity contribution is 6.00. The maximum Gasteiger partial charge on any atom is 0.271 e. The minimum Gasteiger partial charge on any atom is -0.508 e. The summed E-state index contributed by atoms with van der Waals surface area (Å²) in [5.41, 5.74) is 4.87. The molecular formula is C16H13N3O2. The van der Waals surface area contributed by atoms with E-state index in [0.717, 1.165) is 5.56 Å². The second kappa shape index (κ2) is 6.35. The van der Waals surface area contributed by atoms with Gasteiger partial charge in [-0.2, -0.15) is 10.4 Å². The Morgan fingerprint density at radius 2 is 1.67 bits per heavy atom. The lowest BCUT2D eigenvalue weighted by Gasteiger charge is -2.03. The molecule has 21 heavy (non-hydrogen) atoms. The Hall–Kier alpha value is -3.13. The number of benzene rings is 2. The molecule has 0 bridgehead atoms. The van der Waals surface area contributed by atoms with E-state index in [1.807, 2.05) is 6.07 Å². The molecule has 0 saturated heterocycles. The fourth-order valence-corrected chi connectivity index (χ4v) is 1.66. The number of rotatable bonds is 3. The number of amides is 1. The van der Waals surface area contributed by atoms with E-state index in [-0.39, 0.29) is 11.7 Å². The van der Waals surface area contributed by atoms with Crippen molar-refractivity contribution in [2.24, 2.45) is 5.10 Å². The second-order valence-corrected chi connectivity index (χ2v) is 4.37. The average Bonchev–Trinajstić information content (AvgIpc) is 2.53. The van der Waals surface area contributed by atoms with Gasteiger partial charge in [0.2, 0.25) is 0 Å². The van der Waals surface area contributed by atoms with Crippen molar-refractivity contribution >= 4 is 11.6 Å². The van der Waals surface area contributed by atoms with Crippen LogP contribution in [0.3, 0.4) is 0 Å². The van der Waals surface area contributed by atoms with Crippen LogP contribution in [0.25, 0.3) is 0 Å². The van der Waals surface area contributed by atoms with Crippen LogP contribution < -0.4 is 5.43 Å². The van der Waals surface area contributed by atoms with Gasteiger partial charge in [-0.25, -0.2) is 5.43 Å². The summed E-state index contributed by atoms with van der Waals surface area (Å²) in [6.07, 6.45) is 0. The Balaban J connectivity index is 2.07. The molecule has 0 aliphatic rings. The molecule has 0 radical (unpaired) electrons. The molecule has 5 nitrogen and oxygen atoms in total. The van der Waals surface area contributed by atoms with Crippen molar-refractivity contribution in [3.63, 3.8) is 0 Å². The lowest BCUT2D eigenvalue weighted by atomic mass is 10.1. The molecule has 0 aliphatic heterocycles. The summed E-state index contributed by atoms with van der Waals surface area (Å²) in [6.45, 7) is 1.76. The maximum absolute atomic E-state index is 11.8. The lowest BCUT2D eigenvalue weighted by Crippen LogP contribution is -2.19. The van der Waals surface area contributed by atoms with Crippen molar-refractivity contribution in [2.45, 2.75) is 6.92 Å². The number of carbonyl (C=O) groups excluding carboxylic acids is 1. The molecule has 0 unspecified atom stereocenters. The molecule has 2 aromatic rings. The number of phenolic OH excluding ortho intramolecular Hbond substituents is 1. The number of nitrogens with zero attached hydrogens (tertiary/aromatic N) is 2. The van der Waals surface area contributed by atoms with Crippen LogP contribution in [-0.2, 0) is 0 Å². The van der Waals surface area contributed by atoms with Crippen LogP contribution >= 0.6 is 0 Å². The predicted octanol–water partition coefficient (Wildman–Crippen LogP) is 2.42. The van der Waals surface area contributed by atoms with Gasteiger partial charge in [0.25, 0.3) is 5.91 Å². The maximum atomic E-state index is 11.8. The highest BCUT2D eigenvalue weighted by Gasteiger charge is 2.04. The van der Waals surface area contributed by atoms with E-state index >= 15 is 0 Å². The van der Waals surface area contributed by atoms with Crippen LogP contribution in [0, 0.1) is 11.3 Å². The Bertz CT molecular complexity index is 711. The third-order valence-electron chi connectivity index (χ3n) is 2.89. The summed E-state index contributed by atoms with van der Waals surface area (Å²) in [4.78, 5) is 11.8. The van der Waals surface area contributed by atoms with Gasteiger partial charge in [-0.3, -0.25) is 4.79 Å². The summed E-state index contributed by atoms with van der Waals surface area (Å²) < 4.78 is 0. The van der Waals surface area contributed by atoms with Crippen LogP contribution in [-0.4, -0.2) is 16.7 Å². The Labute approximate surface area is 122 Å². The number of hydrazone groups is 1. The minimum atomic E-state index is -0.358. The molecule has 0 aliphatic carbocycles. The summed E-state index contributed by atoms with van der Waals surface area (Å²) in [5.74, 6) is -0.258. The topological polar surface area (TPSA) is 85.5 Å². The SMILES string of the molecule is C/C(=N\NC(=O)c1ccc(O)cc1)c1ccc(C#N)cc1. The van der Waals surface area contributed by atoms with Gasteiger partial charge in [-0.1, -0.05) is 12.1 Å². The van der Waals surface area contributed by atoms with Crippen molar-refractivity contribution < 1.29 is 9.90 Å². The molecule has 2 N–H and O–H groups in total. The van der Waals surface area contributed by atoms with Gasteiger partial charge < -0.3 is 5.11 Å². The first-order valence-electron chi connectivity index (χ1n) is 6.24. The third kappa shape index (κ3) is 3.67. The molecule has 0 fully saturated rings. The van der Waals surface area contributed by atoms with E-state index < -0.39 is 0 Å². The Morgan fingerprint density at radius 1 is 1.10 bits per heavy atom. The van der Waals surface area contributed by atoms with Crippen LogP contribution in [0.2, 0.25) is 0 Å². The van der Waals surface area contributed by atoms with Crippen molar-refractivity contribution in [3.8, 4) is 11.8 Å². The van der Waals surface area contributed by atoms with Gasteiger partial charge in [0.05, 0.1) is 17.3 Å². The zero-order valence-electron chi connectivity index (χ0n) is 11.4. The first kappa shape index (κ1) is 14.3. The summed E-state index contributed by atoms with van der Waals surface area (Å²) in [6, 6.07) is 14.9. The monoisotopic (exact) mass is 279 g/mol. The predicted molar refractivity (Wildman–Crippen MR) is 78.9 cm³/mol. The quantitative estimate of drug-likeness (QED) is 0.668. The largest absolute Gasteiger partial charge is 0.508 e. The van der Waals surface area contributed by atoms with Gasteiger partial charge in [-0.05, 0) is 48.9 Å². The van der Waals surface area contributed by atoms with E-state index in [1.54, 1.807) is 31.2 Å². The van der Waals surface area contributed by atoms with Crippen molar-refractivity contribution in [3.05, 3.63) is 65.2 Å². The number of aromatic hydroxyl groups is 1. The molecule has 0 aromatic heterocycles. The number of nitrogens with one attached hydrogen (secondary N) is 1. The average molecular weight is 279 g/mol. The number of phenols is 1. The molecule has 1 amide bonds. The molecule has 0 saturated carbocycles. The molecule has 5 heteroatoms. The van der Waals surface area contributed by atoms with Gasteiger partial charge in [0.1, 0.15) is 5.75 Å². The van der Waals surface area contributed by atoms with Gasteiger partial charge in [0.15, 0.2) is 0 Å². The number of carbonyl (C=O) groups is 1. The van der Waals surface area contributed by atoms with Crippen LogP contribution in [0.15, 0.2) is 53.6 Å². The Kier molecular flexibility index (Phi) is 4.32. The fraction of sp³-hybridized carbons (Fsp3) is 0.0625. The highest BCUT2D eigenvalue weighted by atomic mass is 16.3. The molecule has 2 rings (SSSR count). The zero-order chi connectivity index (χ0) is 15.2. The van der Waals surface area contributed by atoms with Gasteiger partial charge >= 0.3 is 0 Å². The third-order valence-corrected chi connectivity index (χ3v) is 2.89. The number of nitriles is 1. The highest BCUT2D eigenvalue weighted by Crippen LogP contribution is 2.09. The van der Waals surface area contributed by atoms with Crippen LogP contribution in [0.1, 0.15) is 28.4 Å². The molecular weight excluding hydrogens is 266 g/mol. The summed E-state index contributed by atoms with van der Waals surface area (Å²) in [5, 5.41) is 21.9. The standard InChI is InChI=1S/C16H13N3O2/c1-11(13-4-2-12(10-17)3-5-13)18-19-16(21)14-6-8-15(20)9-7-14/h2-9,20H,1H3,(H,19,21)/b18-11+. The van der Waals surface area contributed by atoms with Crippen molar-refractivity contribution in [1.29, 1.82) is 5.26 Å². The van der Waals surface area contributed by atoms with Crippen LogP contribution in [0.5, 0.6) is 5.75 Å². The normalized spacial score (nSPS) is 10.8. The minimum absolute atomic E-state index is 0.101. The number of hydrogen-bond donors (Lipinski definition) is 2. The van der Waals surface area contributed by atoms with E-state index in [9.17, 15) is 4.79 Å². The number of hydrogen-bond acceptors (Lipinski definition) is 4. The molecule has 0 spiro atoms. The van der Waals surface area contributed by atoms with Crippen molar-refractivity contribution in [2.75, 3.05) is 0 Å². The fourth-order valence-electron chi connectivity index (χ4n) is 1.66. The molecule has 0 heterocycles. The van der Waals surface area contributed by atoms with E-state index in [0.29, 0.717) is 16.8 Å². The Morgan fingerprint density at radius 3 is 2.24 bits per heavy atom. The smallest absolute Gasteiger partial charge is 0.271 e. The molecule has 2 aromatic carbocycles. The van der Waals surface area contributed by atoms with E-state index in [4.69, 9.17) is 10.4 Å². The molecule has 0 atom stereocenters. The molecule has 104 valence electrons. The summed E-state index contributed by atoms with van der Waals surface area (Å²) >= 11 is 0. The second-order valence-electron chi connectivity index (χ2n) is 4.37. The first-order chi connectivity index (χ1) is 10.1. The van der Waals surface area contributed by atoms with Gasteiger partial charge in [-0.15, -0.1) is 0 Å². The first-order valence-corrected chi connectivity index (χ1v) is 6.24.